The highest BCUT2D eigenvalue weighted by atomic mass is 35.5. The molecule has 1 aliphatic rings. The molecular formula is C19H22ClN3O4S. The number of nitrogens with one attached hydrogen (secondary N) is 1. The van der Waals surface area contributed by atoms with Crippen LogP contribution in [0.1, 0.15) is 18.5 Å². The van der Waals surface area contributed by atoms with Gasteiger partial charge in [0.15, 0.2) is 0 Å². The van der Waals surface area contributed by atoms with Gasteiger partial charge in [-0.2, -0.15) is 4.31 Å². The van der Waals surface area contributed by atoms with Gasteiger partial charge in [0.1, 0.15) is 10.6 Å². The lowest BCUT2D eigenvalue weighted by molar-refractivity contribution is -0.126. The predicted molar refractivity (Wildman–Crippen MR) is 106 cm³/mol. The van der Waals surface area contributed by atoms with E-state index in [2.05, 4.69) is 10.3 Å². The van der Waals surface area contributed by atoms with E-state index < -0.39 is 15.9 Å². The average Bonchev–Trinajstić information content (AvgIpc) is 2.72. The minimum absolute atomic E-state index is 0.0112. The number of carbonyl (C=O) groups excluding carboxylic acids is 1. The summed E-state index contributed by atoms with van der Waals surface area (Å²) in [5.74, 6) is -0.368. The summed E-state index contributed by atoms with van der Waals surface area (Å²) >= 11 is 5.99. The van der Waals surface area contributed by atoms with Gasteiger partial charge in [0.05, 0.1) is 25.3 Å². The molecule has 2 aromatic rings. The summed E-state index contributed by atoms with van der Waals surface area (Å²) in [7, 11) is -2.42. The first-order chi connectivity index (χ1) is 13.4. The largest absolute Gasteiger partial charge is 0.495 e. The molecule has 2 heterocycles. The lowest BCUT2D eigenvalue weighted by Gasteiger charge is -2.31. The maximum atomic E-state index is 13.1. The molecule has 3 rings (SSSR count). The van der Waals surface area contributed by atoms with Crippen LogP contribution in [0.3, 0.4) is 0 Å². The molecule has 1 aliphatic heterocycles. The molecule has 9 heteroatoms. The van der Waals surface area contributed by atoms with Crippen LogP contribution in [-0.2, 0) is 21.4 Å². The van der Waals surface area contributed by atoms with Crippen molar-refractivity contribution in [2.45, 2.75) is 24.3 Å². The zero-order chi connectivity index (χ0) is 20.1. The molecule has 0 bridgehead atoms. The Kier molecular flexibility index (Phi) is 6.53. The van der Waals surface area contributed by atoms with Gasteiger partial charge in [0, 0.05) is 24.3 Å². The first kappa shape index (κ1) is 20.6. The zero-order valence-corrected chi connectivity index (χ0v) is 17.0. The Balaban J connectivity index is 1.72. The summed E-state index contributed by atoms with van der Waals surface area (Å²) in [6.07, 6.45) is 2.89. The van der Waals surface area contributed by atoms with Gasteiger partial charge in [-0.05, 0) is 43.2 Å². The summed E-state index contributed by atoms with van der Waals surface area (Å²) < 4.78 is 32.7. The fourth-order valence-electron chi connectivity index (χ4n) is 3.19. The van der Waals surface area contributed by atoms with Crippen LogP contribution in [0.25, 0.3) is 0 Å². The zero-order valence-electron chi connectivity index (χ0n) is 15.5. The smallest absolute Gasteiger partial charge is 0.246 e. The molecule has 0 spiro atoms. The van der Waals surface area contributed by atoms with Gasteiger partial charge in [0.2, 0.25) is 15.9 Å². The van der Waals surface area contributed by atoms with Crippen molar-refractivity contribution >= 4 is 27.5 Å². The summed E-state index contributed by atoms with van der Waals surface area (Å²) in [6.45, 7) is 0.777. The number of hydrogen-bond acceptors (Lipinski definition) is 5. The number of halogens is 1. The number of piperidine rings is 1. The molecule has 1 atom stereocenters. The quantitative estimate of drug-likeness (QED) is 0.770. The SMILES string of the molecule is COc1ccc(Cl)cc1S(=O)(=O)N1CCC[C@@H](C(=O)NCc2ccccn2)C1. The maximum absolute atomic E-state index is 13.1. The number of hydrogen-bond donors (Lipinski definition) is 1. The Morgan fingerprint density at radius 1 is 1.36 bits per heavy atom. The first-order valence-corrected chi connectivity index (χ1v) is 10.7. The molecule has 1 saturated heterocycles. The number of methoxy groups -OCH3 is 1. The van der Waals surface area contributed by atoms with E-state index in [0.717, 1.165) is 5.69 Å². The standard InChI is InChI=1S/C19H22ClN3O4S/c1-27-17-8-7-15(20)11-18(17)28(25,26)23-10-4-5-14(13-23)19(24)22-12-16-6-2-3-9-21-16/h2-3,6-9,11,14H,4-5,10,12-13H2,1H3,(H,22,24)/t14-/m1/s1. The van der Waals surface area contributed by atoms with Crippen LogP contribution in [-0.4, -0.2) is 43.8 Å². The molecule has 1 aromatic carbocycles. The maximum Gasteiger partial charge on any atom is 0.246 e. The highest BCUT2D eigenvalue weighted by Gasteiger charge is 2.34. The number of pyridine rings is 1. The van der Waals surface area contributed by atoms with Crippen molar-refractivity contribution in [3.05, 3.63) is 53.3 Å². The molecule has 0 unspecified atom stereocenters. The van der Waals surface area contributed by atoms with Crippen molar-refractivity contribution in [2.75, 3.05) is 20.2 Å². The molecule has 28 heavy (non-hydrogen) atoms. The van der Waals surface area contributed by atoms with Crippen molar-refractivity contribution in [3.8, 4) is 5.75 Å². The fourth-order valence-corrected chi connectivity index (χ4v) is 5.13. The molecule has 0 radical (unpaired) electrons. The van der Waals surface area contributed by atoms with Crippen molar-refractivity contribution in [2.24, 2.45) is 5.92 Å². The van der Waals surface area contributed by atoms with E-state index in [1.54, 1.807) is 18.3 Å². The van der Waals surface area contributed by atoms with Crippen LogP contribution in [0.5, 0.6) is 5.75 Å². The Bertz CT molecular complexity index is 937. The number of amides is 1. The number of sulfonamides is 1. The highest BCUT2D eigenvalue weighted by Crippen LogP contribution is 2.31. The molecule has 0 saturated carbocycles. The van der Waals surface area contributed by atoms with Crippen molar-refractivity contribution in [3.63, 3.8) is 0 Å². The van der Waals surface area contributed by atoms with Crippen molar-refractivity contribution in [1.82, 2.24) is 14.6 Å². The van der Waals surface area contributed by atoms with Gasteiger partial charge < -0.3 is 10.1 Å². The van der Waals surface area contributed by atoms with Gasteiger partial charge in [-0.15, -0.1) is 0 Å². The average molecular weight is 424 g/mol. The molecule has 7 nitrogen and oxygen atoms in total. The lowest BCUT2D eigenvalue weighted by atomic mass is 9.99. The Morgan fingerprint density at radius 2 is 2.18 bits per heavy atom. The van der Waals surface area contributed by atoms with E-state index in [1.807, 2.05) is 12.1 Å². The first-order valence-electron chi connectivity index (χ1n) is 8.93. The Labute approximate surface area is 169 Å². The van der Waals surface area contributed by atoms with E-state index >= 15 is 0 Å². The second kappa shape index (κ2) is 8.89. The van der Waals surface area contributed by atoms with Crippen LogP contribution in [0.2, 0.25) is 5.02 Å². The normalized spacial score (nSPS) is 17.9. The number of rotatable bonds is 6. The van der Waals surface area contributed by atoms with E-state index in [4.69, 9.17) is 16.3 Å². The lowest BCUT2D eigenvalue weighted by Crippen LogP contribution is -2.45. The minimum Gasteiger partial charge on any atom is -0.495 e. The van der Waals surface area contributed by atoms with Crippen LogP contribution >= 0.6 is 11.6 Å². The second-order valence-electron chi connectivity index (χ2n) is 6.54. The topological polar surface area (TPSA) is 88.6 Å². The molecule has 150 valence electrons. The monoisotopic (exact) mass is 423 g/mol. The van der Waals surface area contributed by atoms with Gasteiger partial charge in [0.25, 0.3) is 0 Å². The van der Waals surface area contributed by atoms with E-state index in [9.17, 15) is 13.2 Å². The molecule has 1 aromatic heterocycles. The van der Waals surface area contributed by atoms with Gasteiger partial charge in [-0.25, -0.2) is 8.42 Å². The van der Waals surface area contributed by atoms with Crippen LogP contribution in [0, 0.1) is 5.92 Å². The van der Waals surface area contributed by atoms with E-state index in [0.29, 0.717) is 31.0 Å². The summed E-state index contributed by atoms with van der Waals surface area (Å²) in [6, 6.07) is 9.95. The van der Waals surface area contributed by atoms with E-state index in [1.165, 1.54) is 23.5 Å². The number of nitrogens with zero attached hydrogens (tertiary/aromatic N) is 2. The Morgan fingerprint density at radius 3 is 2.89 bits per heavy atom. The molecular weight excluding hydrogens is 402 g/mol. The van der Waals surface area contributed by atoms with Gasteiger partial charge in [-0.3, -0.25) is 9.78 Å². The number of benzene rings is 1. The van der Waals surface area contributed by atoms with Crippen LogP contribution < -0.4 is 10.1 Å². The molecule has 1 fully saturated rings. The minimum atomic E-state index is -3.83. The third-order valence-corrected chi connectivity index (χ3v) is 6.79. The summed E-state index contributed by atoms with van der Waals surface area (Å²) in [4.78, 5) is 16.7. The summed E-state index contributed by atoms with van der Waals surface area (Å²) in [5.41, 5.74) is 0.750. The van der Waals surface area contributed by atoms with Gasteiger partial charge >= 0.3 is 0 Å². The number of aromatic nitrogens is 1. The summed E-state index contributed by atoms with van der Waals surface area (Å²) in [5, 5.41) is 3.15. The van der Waals surface area contributed by atoms with Gasteiger partial charge in [-0.1, -0.05) is 17.7 Å². The fraction of sp³-hybridized carbons (Fsp3) is 0.368. The molecule has 0 aliphatic carbocycles. The number of carbonyl (C=O) groups is 1. The number of ether oxygens (including phenoxy) is 1. The highest BCUT2D eigenvalue weighted by molar-refractivity contribution is 7.89. The molecule has 1 amide bonds. The molecule has 1 N–H and O–H groups in total. The Hall–Kier alpha value is -2.16. The van der Waals surface area contributed by atoms with E-state index in [-0.39, 0.29) is 23.1 Å². The third kappa shape index (κ3) is 4.63. The van der Waals surface area contributed by atoms with Crippen LogP contribution in [0.4, 0.5) is 0 Å². The third-order valence-electron chi connectivity index (χ3n) is 4.67. The van der Waals surface area contributed by atoms with Crippen molar-refractivity contribution in [1.29, 1.82) is 0 Å². The predicted octanol–water partition coefficient (Wildman–Crippen LogP) is 2.46. The second-order valence-corrected chi connectivity index (χ2v) is 8.88. The van der Waals surface area contributed by atoms with Crippen molar-refractivity contribution < 1.29 is 17.9 Å². The van der Waals surface area contributed by atoms with Crippen LogP contribution in [0.15, 0.2) is 47.5 Å².